The van der Waals surface area contributed by atoms with Crippen molar-refractivity contribution in [3.63, 3.8) is 0 Å². The van der Waals surface area contributed by atoms with Crippen LogP contribution in [0.2, 0.25) is 0 Å². The van der Waals surface area contributed by atoms with Crippen molar-refractivity contribution in [3.05, 3.63) is 54.4 Å². The van der Waals surface area contributed by atoms with Gasteiger partial charge in [-0.05, 0) is 36.6 Å². The van der Waals surface area contributed by atoms with Crippen molar-refractivity contribution in [2.45, 2.75) is 6.92 Å². The zero-order valence-electron chi connectivity index (χ0n) is 15.4. The zero-order valence-corrected chi connectivity index (χ0v) is 16.2. The van der Waals surface area contributed by atoms with Crippen LogP contribution in [0.3, 0.4) is 0 Å². The number of carbonyl (C=O) groups excluding carboxylic acids is 2. The molecule has 3 rings (SSSR count). The number of hydrogen-bond acceptors (Lipinski definition) is 6. The maximum absolute atomic E-state index is 11.6. The summed E-state index contributed by atoms with van der Waals surface area (Å²) in [6, 6.07) is 12.2. The first-order valence-corrected chi connectivity index (χ1v) is 8.36. The summed E-state index contributed by atoms with van der Waals surface area (Å²) in [6.45, 7) is 2.37. The monoisotopic (exact) mass is 401 g/mol. The largest absolute Gasteiger partial charge is 0.464 e. The first-order valence-electron chi connectivity index (χ1n) is 8.36. The van der Waals surface area contributed by atoms with Crippen molar-refractivity contribution >= 4 is 52.5 Å². The molecule has 0 aliphatic heterocycles. The maximum atomic E-state index is 11.6. The predicted octanol–water partition coefficient (Wildman–Crippen LogP) is 3.72. The maximum Gasteiger partial charge on any atom is 0.356 e. The van der Waals surface area contributed by atoms with Gasteiger partial charge in [-0.2, -0.15) is 0 Å². The van der Waals surface area contributed by atoms with Gasteiger partial charge in [0, 0.05) is 23.8 Å². The highest BCUT2D eigenvalue weighted by Gasteiger charge is 2.09. The van der Waals surface area contributed by atoms with Crippen molar-refractivity contribution in [2.24, 2.45) is 0 Å². The van der Waals surface area contributed by atoms with Crippen molar-refractivity contribution in [3.8, 4) is 0 Å². The molecular weight excluding hydrogens is 382 g/mol. The van der Waals surface area contributed by atoms with E-state index in [2.05, 4.69) is 25.9 Å². The number of halogens is 1. The Hall–Kier alpha value is -3.39. The molecule has 0 aliphatic carbocycles. The number of ether oxygens (including phenoxy) is 1. The van der Waals surface area contributed by atoms with E-state index in [0.717, 1.165) is 16.5 Å². The topological polar surface area (TPSA) is 105 Å². The van der Waals surface area contributed by atoms with Crippen LogP contribution in [0.5, 0.6) is 0 Å². The van der Waals surface area contributed by atoms with Crippen LogP contribution in [-0.2, 0) is 4.74 Å². The predicted molar refractivity (Wildman–Crippen MR) is 111 cm³/mol. The Bertz CT molecular complexity index is 996. The summed E-state index contributed by atoms with van der Waals surface area (Å²) in [5.41, 5.74) is 0.994. The highest BCUT2D eigenvalue weighted by molar-refractivity contribution is 5.97. The summed E-state index contributed by atoms with van der Waals surface area (Å²) in [4.78, 5) is 31.8. The second-order valence-electron chi connectivity index (χ2n) is 5.61. The van der Waals surface area contributed by atoms with Crippen LogP contribution in [0.15, 0.2) is 48.7 Å². The molecular formula is C19H20ClN5O3. The number of methoxy groups -OCH3 is 1. The molecule has 0 fully saturated rings. The average Bonchev–Trinajstić information content (AvgIpc) is 2.68. The third-order valence-electron chi connectivity index (χ3n) is 3.75. The van der Waals surface area contributed by atoms with Gasteiger partial charge in [0.2, 0.25) is 0 Å². The quantitative estimate of drug-likeness (QED) is 0.562. The molecule has 2 aromatic heterocycles. The number of fused-ring (bicyclic) bond motifs is 1. The molecule has 146 valence electrons. The fraction of sp³-hybridized carbons (Fsp3) is 0.158. The van der Waals surface area contributed by atoms with Crippen molar-refractivity contribution in [1.82, 2.24) is 15.3 Å². The Balaban J connectivity index is 0.00000280. The molecule has 0 aliphatic rings. The first-order chi connectivity index (χ1) is 13.1. The summed E-state index contributed by atoms with van der Waals surface area (Å²) in [5.74, 6) is 0.464. The fourth-order valence-electron chi connectivity index (χ4n) is 2.53. The minimum Gasteiger partial charge on any atom is -0.464 e. The standard InChI is InChI=1S/C19H19N5O3.ClH/c1-3-20-19(26)24-17-10-12-6-4-7-14(13(12)11-21-17)22-16-9-5-8-15(23-16)18(25)27-2;/h4-11H,3H2,1-2H3,(H,22,23)(H2,20,21,24,26);1H. The van der Waals surface area contributed by atoms with Crippen molar-refractivity contribution in [2.75, 3.05) is 24.3 Å². The molecule has 0 atom stereocenters. The summed E-state index contributed by atoms with van der Waals surface area (Å²) in [6.07, 6.45) is 1.67. The molecule has 0 bridgehead atoms. The second kappa shape index (κ2) is 9.52. The van der Waals surface area contributed by atoms with Crippen LogP contribution in [0.1, 0.15) is 17.4 Å². The average molecular weight is 402 g/mol. The lowest BCUT2D eigenvalue weighted by molar-refractivity contribution is 0.0594. The number of aromatic nitrogens is 2. The number of pyridine rings is 2. The molecule has 9 heteroatoms. The Labute approximate surface area is 168 Å². The Kier molecular flexibility index (Phi) is 7.11. The first kappa shape index (κ1) is 20.9. The van der Waals surface area contributed by atoms with Gasteiger partial charge in [0.1, 0.15) is 11.6 Å². The smallest absolute Gasteiger partial charge is 0.356 e. The molecule has 0 saturated carbocycles. The van der Waals surface area contributed by atoms with E-state index in [4.69, 9.17) is 4.74 Å². The number of hydrogen-bond donors (Lipinski definition) is 3. The van der Waals surface area contributed by atoms with E-state index in [0.29, 0.717) is 18.2 Å². The van der Waals surface area contributed by atoms with E-state index in [1.165, 1.54) is 7.11 Å². The number of rotatable bonds is 5. The van der Waals surface area contributed by atoms with Crippen molar-refractivity contribution < 1.29 is 14.3 Å². The molecule has 0 radical (unpaired) electrons. The molecule has 28 heavy (non-hydrogen) atoms. The molecule has 2 amide bonds. The van der Waals surface area contributed by atoms with Gasteiger partial charge in [-0.3, -0.25) is 5.32 Å². The molecule has 3 aromatic rings. The lowest BCUT2D eigenvalue weighted by Crippen LogP contribution is -2.28. The van der Waals surface area contributed by atoms with Gasteiger partial charge in [0.05, 0.1) is 7.11 Å². The number of benzene rings is 1. The molecule has 2 heterocycles. The van der Waals surface area contributed by atoms with Gasteiger partial charge in [-0.25, -0.2) is 19.6 Å². The molecule has 8 nitrogen and oxygen atoms in total. The van der Waals surface area contributed by atoms with Gasteiger partial charge in [-0.15, -0.1) is 12.4 Å². The van der Waals surface area contributed by atoms with E-state index in [1.54, 1.807) is 30.5 Å². The number of anilines is 3. The molecule has 0 unspecified atom stereocenters. The van der Waals surface area contributed by atoms with Crippen LogP contribution in [-0.4, -0.2) is 35.6 Å². The van der Waals surface area contributed by atoms with E-state index < -0.39 is 5.97 Å². The number of nitrogens with zero attached hydrogens (tertiary/aromatic N) is 2. The van der Waals surface area contributed by atoms with Crippen molar-refractivity contribution in [1.29, 1.82) is 0 Å². The van der Waals surface area contributed by atoms with E-state index in [1.807, 2.05) is 25.1 Å². The molecule has 3 N–H and O–H groups in total. The zero-order chi connectivity index (χ0) is 19.2. The fourth-order valence-corrected chi connectivity index (χ4v) is 2.53. The SMILES string of the molecule is CCNC(=O)Nc1cc2cccc(Nc3cccc(C(=O)OC)n3)c2cn1.Cl. The number of urea groups is 1. The number of esters is 1. The second-order valence-corrected chi connectivity index (χ2v) is 5.61. The summed E-state index contributed by atoms with van der Waals surface area (Å²) >= 11 is 0. The summed E-state index contributed by atoms with van der Waals surface area (Å²) < 4.78 is 4.70. The van der Waals surface area contributed by atoms with E-state index in [9.17, 15) is 9.59 Å². The van der Waals surface area contributed by atoms with Gasteiger partial charge in [0.25, 0.3) is 0 Å². The Morgan fingerprint density at radius 1 is 1.11 bits per heavy atom. The molecule has 0 spiro atoms. The van der Waals surface area contributed by atoms with E-state index in [-0.39, 0.29) is 24.1 Å². The Morgan fingerprint density at radius 3 is 2.64 bits per heavy atom. The lowest BCUT2D eigenvalue weighted by atomic mass is 10.1. The minimum atomic E-state index is -0.501. The van der Waals surface area contributed by atoms with Crippen LogP contribution >= 0.6 is 12.4 Å². The van der Waals surface area contributed by atoms with Crippen LogP contribution in [0.4, 0.5) is 22.1 Å². The third kappa shape index (κ3) is 4.86. The summed E-state index contributed by atoms with van der Waals surface area (Å²) in [5, 5.41) is 10.3. The highest BCUT2D eigenvalue weighted by atomic mass is 35.5. The van der Waals surface area contributed by atoms with Crippen LogP contribution < -0.4 is 16.0 Å². The Morgan fingerprint density at radius 2 is 1.89 bits per heavy atom. The van der Waals surface area contributed by atoms with Gasteiger partial charge in [0.15, 0.2) is 5.69 Å². The van der Waals surface area contributed by atoms with E-state index >= 15 is 0 Å². The van der Waals surface area contributed by atoms with Gasteiger partial charge < -0.3 is 15.4 Å². The minimum absolute atomic E-state index is 0. The number of nitrogens with one attached hydrogen (secondary N) is 3. The molecule has 0 saturated heterocycles. The van der Waals surface area contributed by atoms with Crippen LogP contribution in [0.25, 0.3) is 10.8 Å². The molecule has 1 aromatic carbocycles. The number of amides is 2. The third-order valence-corrected chi connectivity index (χ3v) is 3.75. The normalized spacial score (nSPS) is 9.93. The lowest BCUT2D eigenvalue weighted by Gasteiger charge is -2.11. The number of carbonyl (C=O) groups is 2. The highest BCUT2D eigenvalue weighted by Crippen LogP contribution is 2.27. The van der Waals surface area contributed by atoms with Gasteiger partial charge >= 0.3 is 12.0 Å². The summed E-state index contributed by atoms with van der Waals surface area (Å²) in [7, 11) is 1.31. The van der Waals surface area contributed by atoms with Crippen LogP contribution in [0, 0.1) is 0 Å². The van der Waals surface area contributed by atoms with Gasteiger partial charge in [-0.1, -0.05) is 18.2 Å².